The zero-order valence-electron chi connectivity index (χ0n) is 12.5. The molecule has 7 heteroatoms. The molecule has 0 fully saturated rings. The number of anilines is 1. The second kappa shape index (κ2) is 5.66. The van der Waals surface area contributed by atoms with Crippen molar-refractivity contribution in [1.29, 1.82) is 0 Å². The predicted molar refractivity (Wildman–Crippen MR) is 87.0 cm³/mol. The Morgan fingerprint density at radius 2 is 1.78 bits per heavy atom. The fourth-order valence-corrected chi connectivity index (χ4v) is 4.84. The van der Waals surface area contributed by atoms with Crippen molar-refractivity contribution in [3.63, 3.8) is 0 Å². The average molecular weight is 332 g/mol. The van der Waals surface area contributed by atoms with Gasteiger partial charge in [-0.15, -0.1) is 0 Å². The van der Waals surface area contributed by atoms with E-state index in [0.717, 1.165) is 12.0 Å². The Balaban J connectivity index is 2.20. The number of para-hydroxylation sites is 2. The molecule has 0 saturated carbocycles. The van der Waals surface area contributed by atoms with Crippen LogP contribution in [-0.2, 0) is 16.4 Å². The summed E-state index contributed by atoms with van der Waals surface area (Å²) in [6.45, 7) is 1.82. The summed E-state index contributed by atoms with van der Waals surface area (Å²) in [5.41, 5.74) is 1.14. The Hall–Kier alpha value is -2.41. The molecule has 3 rings (SSSR count). The Bertz CT molecular complexity index is 864. The van der Waals surface area contributed by atoms with Crippen LogP contribution < -0.4 is 4.31 Å². The summed E-state index contributed by atoms with van der Waals surface area (Å²) in [6, 6.07) is 12.5. The van der Waals surface area contributed by atoms with Gasteiger partial charge in [0.15, 0.2) is 4.90 Å². The maximum atomic E-state index is 13.1. The summed E-state index contributed by atoms with van der Waals surface area (Å²) in [5, 5.41) is 11.2. The molecule has 0 spiro atoms. The summed E-state index contributed by atoms with van der Waals surface area (Å²) in [4.78, 5) is 10.3. The highest BCUT2D eigenvalue weighted by atomic mass is 32.2. The first kappa shape index (κ1) is 15.5. The largest absolute Gasteiger partial charge is 0.289 e. The number of fused-ring (bicyclic) bond motifs is 1. The molecule has 0 amide bonds. The second-order valence-corrected chi connectivity index (χ2v) is 7.33. The van der Waals surface area contributed by atoms with Gasteiger partial charge in [0.05, 0.1) is 10.6 Å². The van der Waals surface area contributed by atoms with Crippen molar-refractivity contribution in [3.8, 4) is 0 Å². The average Bonchev–Trinajstić information content (AvgIpc) is 2.54. The van der Waals surface area contributed by atoms with Gasteiger partial charge in [-0.05, 0) is 37.5 Å². The highest BCUT2D eigenvalue weighted by Gasteiger charge is 2.37. The first-order chi connectivity index (χ1) is 10.9. The summed E-state index contributed by atoms with van der Waals surface area (Å²) >= 11 is 0. The smallest absolute Gasteiger partial charge is 0.263 e. The minimum absolute atomic E-state index is 0.255. The molecule has 1 aliphatic heterocycles. The van der Waals surface area contributed by atoms with Crippen LogP contribution in [0.25, 0.3) is 0 Å². The zero-order valence-corrected chi connectivity index (χ0v) is 13.4. The van der Waals surface area contributed by atoms with E-state index in [-0.39, 0.29) is 10.9 Å². The molecule has 0 N–H and O–H groups in total. The molecule has 1 heterocycles. The van der Waals surface area contributed by atoms with Crippen LogP contribution in [0.4, 0.5) is 11.4 Å². The quantitative estimate of drug-likeness (QED) is 0.639. The number of benzene rings is 2. The van der Waals surface area contributed by atoms with E-state index in [0.29, 0.717) is 12.1 Å². The molecular formula is C16H16N2O4S. The summed E-state index contributed by atoms with van der Waals surface area (Å²) in [7, 11) is -4.01. The first-order valence-electron chi connectivity index (χ1n) is 7.28. The lowest BCUT2D eigenvalue weighted by Gasteiger charge is -2.35. The standard InChI is InChI=1S/C16H16N2O4S/c1-12-10-11-13-6-2-3-7-14(13)17(12)23(21,22)16-9-5-4-8-15(16)18(19)20/h2-9,12H,10-11H2,1H3/t12-/m0/s1. The molecule has 0 saturated heterocycles. The van der Waals surface area contributed by atoms with Crippen LogP contribution in [0.15, 0.2) is 53.4 Å². The molecule has 120 valence electrons. The van der Waals surface area contributed by atoms with E-state index in [1.54, 1.807) is 12.1 Å². The van der Waals surface area contributed by atoms with Crippen LogP contribution in [0.3, 0.4) is 0 Å². The van der Waals surface area contributed by atoms with Crippen molar-refractivity contribution >= 4 is 21.4 Å². The van der Waals surface area contributed by atoms with Gasteiger partial charge in [-0.1, -0.05) is 30.3 Å². The lowest BCUT2D eigenvalue weighted by Crippen LogP contribution is -2.42. The van der Waals surface area contributed by atoms with Crippen LogP contribution in [0.2, 0.25) is 0 Å². The van der Waals surface area contributed by atoms with E-state index in [9.17, 15) is 18.5 Å². The molecule has 0 aliphatic carbocycles. The Kier molecular flexibility index (Phi) is 3.81. The van der Waals surface area contributed by atoms with E-state index in [4.69, 9.17) is 0 Å². The molecular weight excluding hydrogens is 316 g/mol. The van der Waals surface area contributed by atoms with Gasteiger partial charge in [-0.3, -0.25) is 14.4 Å². The second-order valence-electron chi connectivity index (χ2n) is 5.54. The number of hydrogen-bond acceptors (Lipinski definition) is 4. The normalized spacial score (nSPS) is 17.6. The van der Waals surface area contributed by atoms with E-state index in [1.165, 1.54) is 28.6 Å². The molecule has 1 atom stereocenters. The summed E-state index contributed by atoms with van der Waals surface area (Å²) in [5.74, 6) is 0. The van der Waals surface area contributed by atoms with Crippen LogP contribution >= 0.6 is 0 Å². The number of rotatable bonds is 3. The van der Waals surface area contributed by atoms with Gasteiger partial charge in [-0.25, -0.2) is 8.42 Å². The fourth-order valence-electron chi connectivity index (χ4n) is 2.95. The number of aryl methyl sites for hydroxylation is 1. The molecule has 0 unspecified atom stereocenters. The lowest BCUT2D eigenvalue weighted by molar-refractivity contribution is -0.387. The molecule has 0 bridgehead atoms. The minimum atomic E-state index is -4.01. The Morgan fingerprint density at radius 1 is 1.13 bits per heavy atom. The molecule has 23 heavy (non-hydrogen) atoms. The van der Waals surface area contributed by atoms with Gasteiger partial charge in [0.1, 0.15) is 0 Å². The van der Waals surface area contributed by atoms with Gasteiger partial charge >= 0.3 is 0 Å². The maximum absolute atomic E-state index is 13.1. The highest BCUT2D eigenvalue weighted by molar-refractivity contribution is 7.93. The SMILES string of the molecule is C[C@H]1CCc2ccccc2N1S(=O)(=O)c1ccccc1[N+](=O)[O-]. The summed E-state index contributed by atoms with van der Waals surface area (Å²) < 4.78 is 27.5. The van der Waals surface area contributed by atoms with Crippen molar-refractivity contribution in [2.75, 3.05) is 4.31 Å². The van der Waals surface area contributed by atoms with Crippen molar-refractivity contribution in [2.24, 2.45) is 0 Å². The van der Waals surface area contributed by atoms with Crippen molar-refractivity contribution in [3.05, 3.63) is 64.2 Å². The number of hydrogen-bond donors (Lipinski definition) is 0. The van der Waals surface area contributed by atoms with E-state index in [2.05, 4.69) is 0 Å². The van der Waals surface area contributed by atoms with Crippen LogP contribution in [-0.4, -0.2) is 19.4 Å². The van der Waals surface area contributed by atoms with E-state index >= 15 is 0 Å². The number of sulfonamides is 1. The zero-order chi connectivity index (χ0) is 16.6. The molecule has 0 radical (unpaired) electrons. The monoisotopic (exact) mass is 332 g/mol. The van der Waals surface area contributed by atoms with Gasteiger partial charge < -0.3 is 0 Å². The number of nitro groups is 1. The van der Waals surface area contributed by atoms with Crippen LogP contribution in [0, 0.1) is 10.1 Å². The van der Waals surface area contributed by atoms with E-state index in [1.807, 2.05) is 19.1 Å². The number of nitro benzene ring substituents is 1. The highest BCUT2D eigenvalue weighted by Crippen LogP contribution is 2.37. The van der Waals surface area contributed by atoms with Gasteiger partial charge in [0.2, 0.25) is 0 Å². The van der Waals surface area contributed by atoms with Crippen LogP contribution in [0.5, 0.6) is 0 Å². The Morgan fingerprint density at radius 3 is 2.52 bits per heavy atom. The van der Waals surface area contributed by atoms with Crippen molar-refractivity contribution in [2.45, 2.75) is 30.7 Å². The maximum Gasteiger partial charge on any atom is 0.289 e. The predicted octanol–water partition coefficient (Wildman–Crippen LogP) is 3.12. The van der Waals surface area contributed by atoms with Gasteiger partial charge in [0, 0.05) is 12.1 Å². The van der Waals surface area contributed by atoms with Gasteiger partial charge in [-0.2, -0.15) is 0 Å². The third kappa shape index (κ3) is 2.57. The Labute approximate surface area is 134 Å². The lowest BCUT2D eigenvalue weighted by atomic mass is 9.99. The molecule has 2 aromatic carbocycles. The number of nitrogens with zero attached hydrogens (tertiary/aromatic N) is 2. The third-order valence-electron chi connectivity index (χ3n) is 4.06. The van der Waals surface area contributed by atoms with Gasteiger partial charge in [0.25, 0.3) is 15.7 Å². The van der Waals surface area contributed by atoms with Crippen molar-refractivity contribution in [1.82, 2.24) is 0 Å². The molecule has 2 aromatic rings. The molecule has 6 nitrogen and oxygen atoms in total. The molecule has 1 aliphatic rings. The summed E-state index contributed by atoms with van der Waals surface area (Å²) in [6.07, 6.45) is 1.47. The fraction of sp³-hybridized carbons (Fsp3) is 0.250. The van der Waals surface area contributed by atoms with E-state index < -0.39 is 20.6 Å². The van der Waals surface area contributed by atoms with Crippen LogP contribution in [0.1, 0.15) is 18.9 Å². The topological polar surface area (TPSA) is 80.5 Å². The first-order valence-corrected chi connectivity index (χ1v) is 8.72. The third-order valence-corrected chi connectivity index (χ3v) is 6.04. The minimum Gasteiger partial charge on any atom is -0.263 e. The van der Waals surface area contributed by atoms with Crippen molar-refractivity contribution < 1.29 is 13.3 Å². The molecule has 0 aromatic heterocycles.